The Bertz CT molecular complexity index is 661. The van der Waals surface area contributed by atoms with Gasteiger partial charge in [0.05, 0.1) is 10.2 Å². The molecular formula is C14H13N3S. The van der Waals surface area contributed by atoms with E-state index in [1.807, 2.05) is 12.3 Å². The van der Waals surface area contributed by atoms with Gasteiger partial charge in [0.2, 0.25) is 0 Å². The fourth-order valence-corrected chi connectivity index (χ4v) is 2.64. The molecule has 0 bridgehead atoms. The van der Waals surface area contributed by atoms with Gasteiger partial charge in [-0.15, -0.1) is 0 Å². The highest BCUT2D eigenvalue weighted by Gasteiger charge is 2.03. The first-order valence-corrected chi connectivity index (χ1v) is 6.63. The third-order valence-corrected chi connectivity index (χ3v) is 3.70. The number of fused-ring (bicyclic) bond motifs is 1. The molecule has 0 aliphatic carbocycles. The Morgan fingerprint density at radius 2 is 2.22 bits per heavy atom. The van der Waals surface area contributed by atoms with Gasteiger partial charge in [-0.3, -0.25) is 4.98 Å². The largest absolute Gasteiger partial charge is 0.357 e. The molecule has 0 fully saturated rings. The van der Waals surface area contributed by atoms with E-state index < -0.39 is 0 Å². The molecule has 0 atom stereocenters. The van der Waals surface area contributed by atoms with Gasteiger partial charge >= 0.3 is 0 Å². The third kappa shape index (κ3) is 2.33. The smallest absolute Gasteiger partial charge is 0.184 e. The molecule has 3 rings (SSSR count). The second-order valence-electron chi connectivity index (χ2n) is 4.21. The monoisotopic (exact) mass is 255 g/mol. The van der Waals surface area contributed by atoms with Crippen LogP contribution in [-0.2, 0) is 6.54 Å². The molecule has 18 heavy (non-hydrogen) atoms. The summed E-state index contributed by atoms with van der Waals surface area (Å²) in [6.45, 7) is 2.84. The highest BCUT2D eigenvalue weighted by molar-refractivity contribution is 7.22. The minimum absolute atomic E-state index is 0.757. The summed E-state index contributed by atoms with van der Waals surface area (Å²) < 4.78 is 1.22. The van der Waals surface area contributed by atoms with Crippen molar-refractivity contribution in [3.05, 3.63) is 53.9 Å². The number of nitrogens with zero attached hydrogens (tertiary/aromatic N) is 2. The molecule has 0 radical (unpaired) electrons. The summed E-state index contributed by atoms with van der Waals surface area (Å²) in [4.78, 5) is 8.67. The summed E-state index contributed by atoms with van der Waals surface area (Å²) in [5, 5.41) is 4.30. The number of anilines is 1. The van der Waals surface area contributed by atoms with Crippen LogP contribution in [0.2, 0.25) is 0 Å². The summed E-state index contributed by atoms with van der Waals surface area (Å²) >= 11 is 1.68. The summed E-state index contributed by atoms with van der Waals surface area (Å²) in [6, 6.07) is 10.3. The standard InChI is InChI=1S/C14H13N3S/c1-10-4-5-13-12(7-10)17-14(18-13)16-9-11-3-2-6-15-8-11/h2-8H,9H2,1H3,(H,16,17). The Hall–Kier alpha value is -1.94. The third-order valence-electron chi connectivity index (χ3n) is 2.71. The molecule has 0 saturated carbocycles. The minimum Gasteiger partial charge on any atom is -0.357 e. The Kier molecular flexibility index (Phi) is 2.94. The molecule has 3 aromatic rings. The summed E-state index contributed by atoms with van der Waals surface area (Å²) in [5.41, 5.74) is 3.47. The Balaban J connectivity index is 1.79. The number of thiazole rings is 1. The fraction of sp³-hybridized carbons (Fsp3) is 0.143. The van der Waals surface area contributed by atoms with E-state index in [0.29, 0.717) is 0 Å². The molecule has 2 heterocycles. The van der Waals surface area contributed by atoms with Crippen LogP contribution in [0.5, 0.6) is 0 Å². The number of benzene rings is 1. The van der Waals surface area contributed by atoms with Crippen LogP contribution in [0, 0.1) is 6.92 Å². The Morgan fingerprint density at radius 3 is 3.06 bits per heavy atom. The van der Waals surface area contributed by atoms with E-state index in [1.54, 1.807) is 17.5 Å². The topological polar surface area (TPSA) is 37.8 Å². The van der Waals surface area contributed by atoms with Crippen molar-refractivity contribution >= 4 is 26.7 Å². The van der Waals surface area contributed by atoms with Crippen molar-refractivity contribution in [3.8, 4) is 0 Å². The zero-order chi connectivity index (χ0) is 12.4. The second-order valence-corrected chi connectivity index (χ2v) is 5.24. The van der Waals surface area contributed by atoms with Crippen LogP contribution in [0.15, 0.2) is 42.7 Å². The molecule has 0 aliphatic rings. The van der Waals surface area contributed by atoms with Gasteiger partial charge in [-0.2, -0.15) is 0 Å². The Morgan fingerprint density at radius 1 is 1.28 bits per heavy atom. The van der Waals surface area contributed by atoms with E-state index in [1.165, 1.54) is 10.3 Å². The van der Waals surface area contributed by atoms with Gasteiger partial charge in [0.25, 0.3) is 0 Å². The molecule has 0 aliphatic heterocycles. The van der Waals surface area contributed by atoms with Crippen molar-refractivity contribution in [1.29, 1.82) is 0 Å². The van der Waals surface area contributed by atoms with Gasteiger partial charge in [-0.1, -0.05) is 23.5 Å². The number of hydrogen-bond acceptors (Lipinski definition) is 4. The molecule has 0 spiro atoms. The molecule has 0 unspecified atom stereocenters. The average molecular weight is 255 g/mol. The summed E-state index contributed by atoms with van der Waals surface area (Å²) in [5.74, 6) is 0. The normalized spacial score (nSPS) is 10.7. The first-order valence-electron chi connectivity index (χ1n) is 5.81. The second kappa shape index (κ2) is 4.74. The van der Waals surface area contributed by atoms with Gasteiger partial charge in [0.1, 0.15) is 0 Å². The highest BCUT2D eigenvalue weighted by Crippen LogP contribution is 2.26. The van der Waals surface area contributed by atoms with Crippen molar-refractivity contribution in [2.24, 2.45) is 0 Å². The lowest BCUT2D eigenvalue weighted by Crippen LogP contribution is -1.98. The zero-order valence-corrected chi connectivity index (χ0v) is 10.9. The van der Waals surface area contributed by atoms with E-state index in [2.05, 4.69) is 46.5 Å². The molecule has 0 saturated heterocycles. The number of nitrogens with one attached hydrogen (secondary N) is 1. The lowest BCUT2D eigenvalue weighted by molar-refractivity contribution is 1.11. The molecule has 1 aromatic carbocycles. The molecule has 0 amide bonds. The van der Waals surface area contributed by atoms with Crippen molar-refractivity contribution in [1.82, 2.24) is 9.97 Å². The number of rotatable bonds is 3. The average Bonchev–Trinajstić information content (AvgIpc) is 2.79. The lowest BCUT2D eigenvalue weighted by atomic mass is 10.2. The van der Waals surface area contributed by atoms with Gasteiger partial charge in [0.15, 0.2) is 5.13 Å². The maximum atomic E-state index is 4.58. The molecule has 3 nitrogen and oxygen atoms in total. The van der Waals surface area contributed by atoms with Crippen molar-refractivity contribution in [2.75, 3.05) is 5.32 Å². The number of pyridine rings is 1. The van der Waals surface area contributed by atoms with Crippen LogP contribution >= 0.6 is 11.3 Å². The van der Waals surface area contributed by atoms with Crippen LogP contribution in [0.4, 0.5) is 5.13 Å². The van der Waals surface area contributed by atoms with Crippen molar-refractivity contribution in [2.45, 2.75) is 13.5 Å². The molecule has 1 N–H and O–H groups in total. The van der Waals surface area contributed by atoms with E-state index in [9.17, 15) is 0 Å². The van der Waals surface area contributed by atoms with Crippen LogP contribution in [0.1, 0.15) is 11.1 Å². The van der Waals surface area contributed by atoms with Gasteiger partial charge in [-0.25, -0.2) is 4.98 Å². The van der Waals surface area contributed by atoms with Crippen LogP contribution in [-0.4, -0.2) is 9.97 Å². The van der Waals surface area contributed by atoms with E-state index in [-0.39, 0.29) is 0 Å². The van der Waals surface area contributed by atoms with Crippen molar-refractivity contribution in [3.63, 3.8) is 0 Å². The van der Waals surface area contributed by atoms with Gasteiger partial charge in [0, 0.05) is 18.9 Å². The van der Waals surface area contributed by atoms with Gasteiger partial charge in [-0.05, 0) is 36.2 Å². The Labute approximate surface area is 110 Å². The number of hydrogen-bond donors (Lipinski definition) is 1. The minimum atomic E-state index is 0.757. The van der Waals surface area contributed by atoms with E-state index in [4.69, 9.17) is 0 Å². The predicted octanol–water partition coefficient (Wildman–Crippen LogP) is 3.61. The van der Waals surface area contributed by atoms with E-state index >= 15 is 0 Å². The quantitative estimate of drug-likeness (QED) is 0.777. The predicted molar refractivity (Wildman–Crippen MR) is 75.9 cm³/mol. The lowest BCUT2D eigenvalue weighted by Gasteiger charge is -2.00. The zero-order valence-electron chi connectivity index (χ0n) is 10.1. The summed E-state index contributed by atoms with van der Waals surface area (Å²) in [6.07, 6.45) is 3.65. The summed E-state index contributed by atoms with van der Waals surface area (Å²) in [7, 11) is 0. The van der Waals surface area contributed by atoms with Crippen LogP contribution in [0.25, 0.3) is 10.2 Å². The maximum absolute atomic E-state index is 4.58. The molecule has 2 aromatic heterocycles. The van der Waals surface area contributed by atoms with Crippen LogP contribution < -0.4 is 5.32 Å². The molecule has 4 heteroatoms. The first kappa shape index (κ1) is 11.2. The highest BCUT2D eigenvalue weighted by atomic mass is 32.1. The van der Waals surface area contributed by atoms with Gasteiger partial charge < -0.3 is 5.32 Å². The molecule has 90 valence electrons. The number of aromatic nitrogens is 2. The number of aryl methyl sites for hydroxylation is 1. The van der Waals surface area contributed by atoms with Crippen LogP contribution in [0.3, 0.4) is 0 Å². The van der Waals surface area contributed by atoms with E-state index in [0.717, 1.165) is 22.8 Å². The fourth-order valence-electron chi connectivity index (χ4n) is 1.79. The van der Waals surface area contributed by atoms with Crippen molar-refractivity contribution < 1.29 is 0 Å². The first-order chi connectivity index (χ1) is 8.81. The molecular weight excluding hydrogens is 242 g/mol. The SMILES string of the molecule is Cc1ccc2sc(NCc3cccnc3)nc2c1. The maximum Gasteiger partial charge on any atom is 0.184 e.